The van der Waals surface area contributed by atoms with Crippen LogP contribution in [0.25, 0.3) is 0 Å². The van der Waals surface area contributed by atoms with Crippen molar-refractivity contribution in [2.24, 2.45) is 0 Å². The minimum absolute atomic E-state index is 0.0583. The number of nitrogens with zero attached hydrogens (tertiary/aromatic N) is 3. The van der Waals surface area contributed by atoms with Gasteiger partial charge >= 0.3 is 12.1 Å². The van der Waals surface area contributed by atoms with Crippen LogP contribution in [0.4, 0.5) is 13.2 Å². The van der Waals surface area contributed by atoms with Crippen molar-refractivity contribution in [2.45, 2.75) is 62.3 Å². The van der Waals surface area contributed by atoms with Gasteiger partial charge in [-0.3, -0.25) is 0 Å². The van der Waals surface area contributed by atoms with Crippen molar-refractivity contribution < 1.29 is 26.0 Å². The van der Waals surface area contributed by atoms with Crippen LogP contribution in [0.1, 0.15) is 62.6 Å². The molecule has 1 aliphatic carbocycles. The molecular formula is C14H20F3N3O3S. The summed E-state index contributed by atoms with van der Waals surface area (Å²) in [5.41, 5.74) is 0. The number of aromatic nitrogens is 2. The lowest BCUT2D eigenvalue weighted by Crippen LogP contribution is -2.43. The summed E-state index contributed by atoms with van der Waals surface area (Å²) in [6.07, 6.45) is 0.465. The number of rotatable bonds is 3. The van der Waals surface area contributed by atoms with Crippen molar-refractivity contribution in [3.8, 4) is 0 Å². The molecule has 0 atom stereocenters. The van der Waals surface area contributed by atoms with Crippen LogP contribution in [0.15, 0.2) is 4.42 Å². The first kappa shape index (κ1) is 17.7. The second-order valence-electron chi connectivity index (χ2n) is 6.42. The molecule has 0 radical (unpaired) electrons. The van der Waals surface area contributed by atoms with Gasteiger partial charge in [-0.15, -0.1) is 10.2 Å². The minimum atomic E-state index is -4.66. The predicted octanol–water partition coefficient (Wildman–Crippen LogP) is 2.93. The zero-order valence-corrected chi connectivity index (χ0v) is 13.9. The molecule has 0 amide bonds. The summed E-state index contributed by atoms with van der Waals surface area (Å²) < 4.78 is 69.0. The van der Waals surface area contributed by atoms with Crippen LogP contribution in [0.3, 0.4) is 0 Å². The van der Waals surface area contributed by atoms with Crippen LogP contribution in [0, 0.1) is 0 Å². The molecule has 0 bridgehead atoms. The summed E-state index contributed by atoms with van der Waals surface area (Å²) in [6, 6.07) is 0. The Labute approximate surface area is 138 Å². The van der Waals surface area contributed by atoms with Gasteiger partial charge in [-0.2, -0.15) is 13.2 Å². The van der Waals surface area contributed by atoms with Crippen molar-refractivity contribution >= 4 is 10.0 Å². The maximum absolute atomic E-state index is 12.6. The van der Waals surface area contributed by atoms with Gasteiger partial charge in [0.05, 0.1) is 5.25 Å². The quantitative estimate of drug-likeness (QED) is 0.821. The van der Waals surface area contributed by atoms with Gasteiger partial charge < -0.3 is 4.42 Å². The topological polar surface area (TPSA) is 76.3 Å². The van der Waals surface area contributed by atoms with Crippen LogP contribution >= 0.6 is 0 Å². The Balaban J connectivity index is 1.62. The molecule has 1 aliphatic heterocycles. The predicted molar refractivity (Wildman–Crippen MR) is 78.6 cm³/mol. The Hall–Kier alpha value is -1.16. The number of alkyl halides is 3. The lowest BCUT2D eigenvalue weighted by molar-refractivity contribution is -0.157. The molecule has 0 aromatic carbocycles. The van der Waals surface area contributed by atoms with Gasteiger partial charge in [-0.1, -0.05) is 19.3 Å². The third-order valence-corrected chi connectivity index (χ3v) is 7.22. The molecule has 0 spiro atoms. The molecule has 6 nitrogen and oxygen atoms in total. The number of hydrogen-bond donors (Lipinski definition) is 0. The largest absolute Gasteiger partial charge is 0.470 e. The van der Waals surface area contributed by atoms with E-state index in [1.807, 2.05) is 0 Å². The van der Waals surface area contributed by atoms with E-state index in [1.165, 1.54) is 4.31 Å². The van der Waals surface area contributed by atoms with Crippen molar-refractivity contribution in [2.75, 3.05) is 13.1 Å². The summed E-state index contributed by atoms with van der Waals surface area (Å²) in [4.78, 5) is 0. The molecule has 2 fully saturated rings. The number of piperidine rings is 1. The first-order valence-electron chi connectivity index (χ1n) is 8.18. The van der Waals surface area contributed by atoms with Crippen molar-refractivity contribution in [3.63, 3.8) is 0 Å². The maximum atomic E-state index is 12.6. The third kappa shape index (κ3) is 3.58. The minimum Gasteiger partial charge on any atom is -0.417 e. The Kier molecular flexibility index (Phi) is 4.87. The van der Waals surface area contributed by atoms with E-state index in [0.717, 1.165) is 19.3 Å². The molecule has 1 saturated heterocycles. The van der Waals surface area contributed by atoms with E-state index in [4.69, 9.17) is 4.42 Å². The number of sulfonamides is 1. The van der Waals surface area contributed by atoms with E-state index in [9.17, 15) is 21.6 Å². The molecule has 24 heavy (non-hydrogen) atoms. The average Bonchev–Trinajstić information content (AvgIpc) is 3.06. The van der Waals surface area contributed by atoms with Crippen molar-refractivity contribution in [3.05, 3.63) is 11.8 Å². The lowest BCUT2D eigenvalue weighted by atomic mass is 9.98. The lowest BCUT2D eigenvalue weighted by Gasteiger charge is -2.33. The van der Waals surface area contributed by atoms with E-state index in [1.54, 1.807) is 0 Å². The fourth-order valence-corrected chi connectivity index (χ4v) is 5.52. The van der Waals surface area contributed by atoms with Crippen molar-refractivity contribution in [1.29, 1.82) is 0 Å². The Bertz CT molecular complexity index is 660. The number of halogens is 3. The fourth-order valence-electron chi connectivity index (χ4n) is 3.45. The molecule has 0 unspecified atom stereocenters. The van der Waals surface area contributed by atoms with Gasteiger partial charge in [0.2, 0.25) is 15.9 Å². The van der Waals surface area contributed by atoms with E-state index in [0.29, 0.717) is 25.7 Å². The Morgan fingerprint density at radius 3 is 2.17 bits per heavy atom. The summed E-state index contributed by atoms with van der Waals surface area (Å²) in [7, 11) is -3.32. The van der Waals surface area contributed by atoms with Crippen LogP contribution in [-0.4, -0.2) is 41.3 Å². The first-order valence-corrected chi connectivity index (χ1v) is 9.68. The SMILES string of the molecule is O=S(=O)(C1CCCCC1)N1CCC(c2nnc(C(F)(F)F)o2)CC1. The van der Waals surface area contributed by atoms with Crippen LogP contribution in [-0.2, 0) is 16.2 Å². The monoisotopic (exact) mass is 367 g/mol. The standard InChI is InChI=1S/C14H20F3N3O3S/c15-14(16,17)13-19-18-12(23-13)10-6-8-20(9-7-10)24(21,22)11-4-2-1-3-5-11/h10-11H,1-9H2. The normalized spacial score (nSPS) is 22.8. The zero-order valence-electron chi connectivity index (χ0n) is 13.1. The number of hydrogen-bond acceptors (Lipinski definition) is 5. The van der Waals surface area contributed by atoms with Crippen LogP contribution in [0.2, 0.25) is 0 Å². The molecular weight excluding hydrogens is 347 g/mol. The Morgan fingerprint density at radius 1 is 1.00 bits per heavy atom. The molecule has 3 rings (SSSR count). The summed E-state index contributed by atoms with van der Waals surface area (Å²) in [6.45, 7) is 0.570. The van der Waals surface area contributed by atoms with Gasteiger partial charge in [0, 0.05) is 19.0 Å². The van der Waals surface area contributed by atoms with E-state index in [-0.39, 0.29) is 30.1 Å². The van der Waals surface area contributed by atoms with Crippen molar-refractivity contribution in [1.82, 2.24) is 14.5 Å². The summed E-state index contributed by atoms with van der Waals surface area (Å²) in [5, 5.41) is 6.19. The second kappa shape index (κ2) is 6.62. The zero-order chi connectivity index (χ0) is 17.4. The van der Waals surface area contributed by atoms with Gasteiger partial charge in [0.15, 0.2) is 0 Å². The highest BCUT2D eigenvalue weighted by molar-refractivity contribution is 7.89. The van der Waals surface area contributed by atoms with Gasteiger partial charge in [0.1, 0.15) is 0 Å². The van der Waals surface area contributed by atoms with Gasteiger partial charge in [0.25, 0.3) is 0 Å². The van der Waals surface area contributed by atoms with Crippen LogP contribution in [0.5, 0.6) is 0 Å². The summed E-state index contributed by atoms with van der Waals surface area (Å²) in [5.74, 6) is -1.74. The molecule has 1 saturated carbocycles. The molecule has 2 heterocycles. The first-order chi connectivity index (χ1) is 11.3. The van der Waals surface area contributed by atoms with Crippen LogP contribution < -0.4 is 0 Å². The van der Waals surface area contributed by atoms with E-state index in [2.05, 4.69) is 10.2 Å². The molecule has 10 heteroatoms. The Morgan fingerprint density at radius 2 is 1.62 bits per heavy atom. The molecule has 136 valence electrons. The smallest absolute Gasteiger partial charge is 0.417 e. The van der Waals surface area contributed by atoms with Gasteiger partial charge in [-0.05, 0) is 25.7 Å². The highest BCUT2D eigenvalue weighted by Gasteiger charge is 2.40. The van der Waals surface area contributed by atoms with E-state index < -0.39 is 22.1 Å². The average molecular weight is 367 g/mol. The van der Waals surface area contributed by atoms with Gasteiger partial charge in [-0.25, -0.2) is 12.7 Å². The highest BCUT2D eigenvalue weighted by atomic mass is 32.2. The highest BCUT2D eigenvalue weighted by Crippen LogP contribution is 2.34. The molecule has 1 aromatic heterocycles. The van der Waals surface area contributed by atoms with E-state index >= 15 is 0 Å². The third-order valence-electron chi connectivity index (χ3n) is 4.82. The second-order valence-corrected chi connectivity index (χ2v) is 8.63. The molecule has 0 N–H and O–H groups in total. The summed E-state index contributed by atoms with van der Waals surface area (Å²) >= 11 is 0. The maximum Gasteiger partial charge on any atom is 0.470 e. The fraction of sp³-hybridized carbons (Fsp3) is 0.857. The molecule has 1 aromatic rings. The molecule has 2 aliphatic rings.